The first kappa shape index (κ1) is 27.7. The normalized spacial score (nSPS) is 12.4. The van der Waals surface area contributed by atoms with Crippen LogP contribution in [0.25, 0.3) is 15.2 Å². The molecule has 4 aromatic rings. The van der Waals surface area contributed by atoms with E-state index in [1.165, 1.54) is 60.9 Å². The first-order valence-electron chi connectivity index (χ1n) is 11.7. The first-order valence-corrected chi connectivity index (χ1v) is 12.6. The molecule has 3 heterocycles. The molecule has 0 saturated heterocycles. The van der Waals surface area contributed by atoms with Gasteiger partial charge in [-0.3, -0.25) is 9.36 Å². The molecular weight excluding hydrogens is 531 g/mol. The SMILES string of the molecule is COc1ccc(F)cc1[C@H](Cn1c(=O)n(C(C)(C)C(=O)O)c(=O)c2c(C)c(-n3nccn3)sc21)OCCC#N. The molecule has 0 radical (unpaired) electrons. The van der Waals surface area contributed by atoms with Gasteiger partial charge in [0.25, 0.3) is 5.56 Å². The zero-order chi connectivity index (χ0) is 28.5. The van der Waals surface area contributed by atoms with E-state index in [1.54, 1.807) is 6.92 Å². The lowest BCUT2D eigenvalue weighted by Gasteiger charge is -2.25. The Hall–Kier alpha value is -4.35. The number of hydrogen-bond donors (Lipinski definition) is 1. The number of carboxylic acid groups (broad SMARTS) is 1. The highest BCUT2D eigenvalue weighted by Gasteiger charge is 2.36. The summed E-state index contributed by atoms with van der Waals surface area (Å²) in [5, 5.41) is 27.7. The summed E-state index contributed by atoms with van der Waals surface area (Å²) >= 11 is 1.07. The van der Waals surface area contributed by atoms with E-state index < -0.39 is 34.7 Å². The average molecular weight is 557 g/mol. The molecule has 0 aliphatic heterocycles. The van der Waals surface area contributed by atoms with Crippen molar-refractivity contribution in [2.75, 3.05) is 13.7 Å². The Morgan fingerprint density at radius 2 is 1.97 bits per heavy atom. The number of rotatable bonds is 10. The minimum absolute atomic E-state index is 0.0250. The van der Waals surface area contributed by atoms with Crippen LogP contribution >= 0.6 is 11.3 Å². The van der Waals surface area contributed by atoms with Gasteiger partial charge in [-0.2, -0.15) is 15.5 Å². The standard InChI is InChI=1S/C25H25FN6O6S/c1-14-19-20(33)31(25(2,3)23(34)35)24(36)30(22(19)39-21(14)32-28-9-10-29-32)13-18(38-11-5-8-27)16-12-15(26)6-7-17(16)37-4/h6-7,9-10,12,18H,5,11,13H2,1-4H3,(H,34,35)/t18-/m0/s1. The Labute approximate surface area is 225 Å². The van der Waals surface area contributed by atoms with Crippen LogP contribution in [0.4, 0.5) is 4.39 Å². The number of aromatic nitrogens is 5. The van der Waals surface area contributed by atoms with Crippen LogP contribution in [0.3, 0.4) is 0 Å². The highest BCUT2D eigenvalue weighted by Crippen LogP contribution is 2.34. The molecule has 14 heteroatoms. The molecule has 0 spiro atoms. The molecule has 4 rings (SSSR count). The Kier molecular flexibility index (Phi) is 7.66. The fourth-order valence-electron chi connectivity index (χ4n) is 4.21. The van der Waals surface area contributed by atoms with Crippen molar-refractivity contribution in [2.24, 2.45) is 0 Å². The number of thiophene rings is 1. The topological polar surface area (TPSA) is 154 Å². The number of methoxy groups -OCH3 is 1. The number of carbonyl (C=O) groups is 1. The molecule has 12 nitrogen and oxygen atoms in total. The number of aryl methyl sites for hydroxylation is 1. The second-order valence-corrected chi connectivity index (χ2v) is 10.1. The maximum absolute atomic E-state index is 14.3. The Bertz CT molecular complexity index is 1700. The van der Waals surface area contributed by atoms with Crippen molar-refractivity contribution in [2.45, 2.75) is 45.4 Å². The van der Waals surface area contributed by atoms with Gasteiger partial charge in [0.2, 0.25) is 0 Å². The predicted octanol–water partition coefficient (Wildman–Crippen LogP) is 2.75. The maximum atomic E-state index is 14.3. The molecule has 1 aromatic carbocycles. The molecule has 1 N–H and O–H groups in total. The zero-order valence-electron chi connectivity index (χ0n) is 21.5. The summed E-state index contributed by atoms with van der Waals surface area (Å²) in [5.74, 6) is -1.68. The van der Waals surface area contributed by atoms with Crippen molar-refractivity contribution in [3.05, 3.63) is 68.4 Å². The summed E-state index contributed by atoms with van der Waals surface area (Å²) in [4.78, 5) is 41.3. The van der Waals surface area contributed by atoms with E-state index in [9.17, 15) is 23.9 Å². The quantitative estimate of drug-likeness (QED) is 0.290. The monoisotopic (exact) mass is 556 g/mol. The van der Waals surface area contributed by atoms with Gasteiger partial charge >= 0.3 is 11.7 Å². The molecule has 39 heavy (non-hydrogen) atoms. The largest absolute Gasteiger partial charge is 0.496 e. The summed E-state index contributed by atoms with van der Waals surface area (Å²) in [6.45, 7) is 3.88. The molecule has 0 aliphatic rings. The number of fused-ring (bicyclic) bond motifs is 1. The highest BCUT2D eigenvalue weighted by molar-refractivity contribution is 7.21. The van der Waals surface area contributed by atoms with Crippen molar-refractivity contribution < 1.29 is 23.8 Å². The highest BCUT2D eigenvalue weighted by atomic mass is 32.1. The van der Waals surface area contributed by atoms with Crippen LogP contribution in [0.5, 0.6) is 5.75 Å². The molecule has 3 aromatic heterocycles. The summed E-state index contributed by atoms with van der Waals surface area (Å²) < 4.78 is 27.6. The van der Waals surface area contributed by atoms with Crippen LogP contribution < -0.4 is 16.0 Å². The summed E-state index contributed by atoms with van der Waals surface area (Å²) in [7, 11) is 1.40. The molecule has 0 unspecified atom stereocenters. The van der Waals surface area contributed by atoms with Crippen molar-refractivity contribution >= 4 is 27.5 Å². The maximum Gasteiger partial charge on any atom is 0.333 e. The van der Waals surface area contributed by atoms with Gasteiger partial charge in [-0.15, -0.1) is 4.80 Å². The number of ether oxygens (including phenoxy) is 2. The van der Waals surface area contributed by atoms with Gasteiger partial charge in [-0.25, -0.2) is 18.5 Å². The minimum atomic E-state index is -1.91. The van der Waals surface area contributed by atoms with E-state index in [4.69, 9.17) is 14.7 Å². The van der Waals surface area contributed by atoms with Crippen molar-refractivity contribution in [1.29, 1.82) is 5.26 Å². The summed E-state index contributed by atoms with van der Waals surface area (Å²) in [5.41, 5.74) is -2.87. The number of halogens is 1. The number of nitriles is 1. The van der Waals surface area contributed by atoms with Gasteiger partial charge in [-0.05, 0) is 39.0 Å². The lowest BCUT2D eigenvalue weighted by atomic mass is 10.1. The fraction of sp³-hybridized carbons (Fsp3) is 0.360. The number of benzene rings is 1. The van der Waals surface area contributed by atoms with E-state index in [0.29, 0.717) is 15.1 Å². The summed E-state index contributed by atoms with van der Waals surface area (Å²) in [6.07, 6.45) is 1.94. The van der Waals surface area contributed by atoms with Crippen LogP contribution in [0.2, 0.25) is 0 Å². The van der Waals surface area contributed by atoms with E-state index in [-0.39, 0.29) is 41.1 Å². The molecule has 0 saturated carbocycles. The second-order valence-electron chi connectivity index (χ2n) is 9.08. The van der Waals surface area contributed by atoms with Crippen LogP contribution in [-0.4, -0.2) is 48.9 Å². The smallest absolute Gasteiger partial charge is 0.333 e. The molecule has 1 atom stereocenters. The summed E-state index contributed by atoms with van der Waals surface area (Å²) in [6, 6.07) is 5.79. The Balaban J connectivity index is 2.04. The van der Waals surface area contributed by atoms with E-state index in [0.717, 1.165) is 11.3 Å². The van der Waals surface area contributed by atoms with Crippen LogP contribution in [-0.2, 0) is 21.6 Å². The van der Waals surface area contributed by atoms with Crippen molar-refractivity contribution in [3.8, 4) is 16.8 Å². The predicted molar refractivity (Wildman–Crippen MR) is 139 cm³/mol. The van der Waals surface area contributed by atoms with Gasteiger partial charge in [0.15, 0.2) is 0 Å². The Morgan fingerprint density at radius 3 is 2.59 bits per heavy atom. The van der Waals surface area contributed by atoms with Crippen LogP contribution in [0.1, 0.15) is 37.5 Å². The van der Waals surface area contributed by atoms with E-state index in [2.05, 4.69) is 10.2 Å². The first-order chi connectivity index (χ1) is 18.5. The van der Waals surface area contributed by atoms with Gasteiger partial charge in [0, 0.05) is 11.1 Å². The van der Waals surface area contributed by atoms with Gasteiger partial charge in [0.1, 0.15) is 33.0 Å². The third-order valence-electron chi connectivity index (χ3n) is 6.29. The second kappa shape index (κ2) is 10.8. The lowest BCUT2D eigenvalue weighted by molar-refractivity contribution is -0.146. The van der Waals surface area contributed by atoms with E-state index >= 15 is 0 Å². The van der Waals surface area contributed by atoms with Gasteiger partial charge in [0.05, 0.1) is 50.5 Å². The lowest BCUT2D eigenvalue weighted by Crippen LogP contribution is -2.52. The van der Waals surface area contributed by atoms with Crippen molar-refractivity contribution in [1.82, 2.24) is 24.1 Å². The number of carboxylic acids is 1. The molecule has 0 aliphatic carbocycles. The minimum Gasteiger partial charge on any atom is -0.496 e. The number of aliphatic carboxylic acids is 1. The van der Waals surface area contributed by atoms with Crippen LogP contribution in [0.15, 0.2) is 40.2 Å². The zero-order valence-corrected chi connectivity index (χ0v) is 22.4. The van der Waals surface area contributed by atoms with Crippen LogP contribution in [0, 0.1) is 24.1 Å². The van der Waals surface area contributed by atoms with E-state index in [1.807, 2.05) is 6.07 Å². The van der Waals surface area contributed by atoms with Gasteiger partial charge in [-0.1, -0.05) is 11.3 Å². The third-order valence-corrected chi connectivity index (χ3v) is 7.57. The molecule has 0 bridgehead atoms. The van der Waals surface area contributed by atoms with Gasteiger partial charge < -0.3 is 14.6 Å². The molecule has 204 valence electrons. The number of hydrogen-bond acceptors (Lipinski definition) is 9. The molecular formula is C25H25FN6O6S. The molecule has 0 amide bonds. The average Bonchev–Trinajstić information content (AvgIpc) is 3.53. The van der Waals surface area contributed by atoms with Crippen molar-refractivity contribution in [3.63, 3.8) is 0 Å². The Morgan fingerprint density at radius 1 is 1.28 bits per heavy atom. The third kappa shape index (κ3) is 4.93. The number of nitrogens with zero attached hydrogens (tertiary/aromatic N) is 6. The molecule has 0 fully saturated rings. The fourth-order valence-corrected chi connectivity index (χ4v) is 5.43.